The summed E-state index contributed by atoms with van der Waals surface area (Å²) in [5.74, 6) is 0.646. The second-order valence-corrected chi connectivity index (χ2v) is 3.54. The summed E-state index contributed by atoms with van der Waals surface area (Å²) in [4.78, 5) is 4.05. The van der Waals surface area contributed by atoms with E-state index < -0.39 is 0 Å². The average molecular weight is 212 g/mol. The number of pyridine rings is 1. The van der Waals surface area contributed by atoms with Crippen LogP contribution in [0.3, 0.4) is 0 Å². The van der Waals surface area contributed by atoms with Gasteiger partial charge in [0.25, 0.3) is 0 Å². The minimum Gasteiger partial charge on any atom is -0.473 e. The maximum atomic E-state index is 5.41. The van der Waals surface area contributed by atoms with E-state index >= 15 is 0 Å². The smallest absolute Gasteiger partial charge is 0.213 e. The highest BCUT2D eigenvalue weighted by Crippen LogP contribution is 2.09. The van der Waals surface area contributed by atoms with Crippen LogP contribution in [0.5, 0.6) is 5.88 Å². The van der Waals surface area contributed by atoms with Gasteiger partial charge >= 0.3 is 0 Å². The molecule has 0 aromatic carbocycles. The molecule has 0 bridgehead atoms. The molecule has 1 atom stereocenters. The van der Waals surface area contributed by atoms with Crippen molar-refractivity contribution in [3.8, 4) is 5.88 Å². The zero-order chi connectivity index (χ0) is 11.7. The molecule has 0 unspecified atom stereocenters. The van der Waals surface area contributed by atoms with Crippen LogP contribution in [0.1, 0.15) is 34.2 Å². The maximum Gasteiger partial charge on any atom is 0.213 e. The molecule has 0 radical (unpaired) electrons. The molecule has 2 N–H and O–H groups in total. The van der Waals surface area contributed by atoms with Crippen LogP contribution >= 0.6 is 0 Å². The summed E-state index contributed by atoms with van der Waals surface area (Å²) >= 11 is 0. The molecule has 0 saturated heterocycles. The third-order valence-electron chi connectivity index (χ3n) is 1.54. The molecular formula is C12H24N2O. The van der Waals surface area contributed by atoms with E-state index in [4.69, 9.17) is 10.5 Å². The summed E-state index contributed by atoms with van der Waals surface area (Å²) < 4.78 is 5.41. The Hall–Kier alpha value is -1.09. The van der Waals surface area contributed by atoms with Crippen molar-refractivity contribution in [1.29, 1.82) is 0 Å². The highest BCUT2D eigenvalue weighted by Gasteiger charge is 2.01. The molecular weight excluding hydrogens is 188 g/mol. The van der Waals surface area contributed by atoms with Crippen LogP contribution in [0.2, 0.25) is 0 Å². The van der Waals surface area contributed by atoms with Crippen molar-refractivity contribution in [2.24, 2.45) is 5.73 Å². The van der Waals surface area contributed by atoms with E-state index in [0.29, 0.717) is 12.4 Å². The van der Waals surface area contributed by atoms with Gasteiger partial charge in [-0.25, -0.2) is 4.98 Å². The monoisotopic (exact) mass is 212 g/mol. The highest BCUT2D eigenvalue weighted by atomic mass is 16.5. The number of nitrogens with two attached hydrogens (primary N) is 1. The number of aryl methyl sites for hydroxylation is 1. The van der Waals surface area contributed by atoms with Crippen LogP contribution in [0.25, 0.3) is 0 Å². The summed E-state index contributed by atoms with van der Waals surface area (Å²) in [5, 5.41) is 0. The standard InChI is InChI=1S/C9H14N2O.C3H8.H2/c1-7-3-4-11-9(5-7)12-8(2)6-10;1-3-2;/h3-5,8H,6,10H2,1-2H3;3H2,1-2H3;1H/t8-;;/m0../s1. The molecule has 0 fully saturated rings. The maximum absolute atomic E-state index is 5.41. The molecule has 1 aromatic rings. The van der Waals surface area contributed by atoms with Crippen LogP contribution in [0.4, 0.5) is 0 Å². The lowest BCUT2D eigenvalue weighted by Gasteiger charge is -2.10. The van der Waals surface area contributed by atoms with Crippen LogP contribution in [0.15, 0.2) is 18.3 Å². The molecule has 1 heterocycles. The lowest BCUT2D eigenvalue weighted by molar-refractivity contribution is 0.220. The zero-order valence-corrected chi connectivity index (χ0v) is 10.2. The summed E-state index contributed by atoms with van der Waals surface area (Å²) in [6.45, 7) is 8.68. The molecule has 1 rings (SSSR count). The number of hydrogen-bond acceptors (Lipinski definition) is 3. The molecule has 0 amide bonds. The number of nitrogens with zero attached hydrogens (tertiary/aromatic N) is 1. The molecule has 3 nitrogen and oxygen atoms in total. The number of rotatable bonds is 3. The Bertz CT molecular complexity index is 269. The minimum atomic E-state index is 0. The molecule has 0 saturated carbocycles. The van der Waals surface area contributed by atoms with Crippen molar-refractivity contribution in [2.45, 2.75) is 40.2 Å². The second-order valence-electron chi connectivity index (χ2n) is 3.54. The van der Waals surface area contributed by atoms with E-state index in [9.17, 15) is 0 Å². The van der Waals surface area contributed by atoms with E-state index in [2.05, 4.69) is 18.8 Å². The molecule has 15 heavy (non-hydrogen) atoms. The largest absolute Gasteiger partial charge is 0.473 e. The van der Waals surface area contributed by atoms with Crippen LogP contribution in [-0.4, -0.2) is 17.6 Å². The van der Waals surface area contributed by atoms with E-state index in [0.717, 1.165) is 5.56 Å². The molecule has 0 aliphatic carbocycles. The van der Waals surface area contributed by atoms with E-state index in [-0.39, 0.29) is 7.53 Å². The van der Waals surface area contributed by atoms with Crippen molar-refractivity contribution in [2.75, 3.05) is 6.54 Å². The third-order valence-corrected chi connectivity index (χ3v) is 1.54. The van der Waals surface area contributed by atoms with Crippen molar-refractivity contribution in [1.82, 2.24) is 4.98 Å². The van der Waals surface area contributed by atoms with Gasteiger partial charge in [0.1, 0.15) is 6.10 Å². The van der Waals surface area contributed by atoms with Gasteiger partial charge in [-0.2, -0.15) is 0 Å². The van der Waals surface area contributed by atoms with Crippen molar-refractivity contribution < 1.29 is 6.16 Å². The molecule has 88 valence electrons. The number of aromatic nitrogens is 1. The Kier molecular flexibility index (Phi) is 7.64. The SMILES string of the molecule is CCC.Cc1ccnc(O[C@@H](C)CN)c1.[HH]. The Labute approximate surface area is 94.1 Å². The highest BCUT2D eigenvalue weighted by molar-refractivity contribution is 5.18. The lowest BCUT2D eigenvalue weighted by atomic mass is 10.3. The van der Waals surface area contributed by atoms with Gasteiger partial charge in [0.15, 0.2) is 0 Å². The Morgan fingerprint density at radius 1 is 1.53 bits per heavy atom. The third kappa shape index (κ3) is 6.91. The molecule has 1 aromatic heterocycles. The van der Waals surface area contributed by atoms with Gasteiger partial charge in [0.05, 0.1) is 0 Å². The lowest BCUT2D eigenvalue weighted by Crippen LogP contribution is -2.23. The first-order valence-electron chi connectivity index (χ1n) is 5.43. The summed E-state index contributed by atoms with van der Waals surface area (Å²) in [7, 11) is 0. The predicted octanol–water partition coefficient (Wildman–Crippen LogP) is 2.78. The first-order valence-corrected chi connectivity index (χ1v) is 5.43. The molecule has 0 aliphatic heterocycles. The average Bonchev–Trinajstić information content (AvgIpc) is 2.19. The molecule has 0 spiro atoms. The van der Waals surface area contributed by atoms with Gasteiger partial charge < -0.3 is 10.5 Å². The first kappa shape index (κ1) is 13.9. The molecule has 3 heteroatoms. The summed E-state index contributed by atoms with van der Waals surface area (Å²) in [6, 6.07) is 3.83. The second kappa shape index (κ2) is 8.24. The summed E-state index contributed by atoms with van der Waals surface area (Å²) in [5.41, 5.74) is 6.55. The normalized spacial score (nSPS) is 11.3. The van der Waals surface area contributed by atoms with Gasteiger partial charge in [-0.1, -0.05) is 20.3 Å². The fourth-order valence-electron chi connectivity index (χ4n) is 0.827. The van der Waals surface area contributed by atoms with Crippen LogP contribution in [-0.2, 0) is 0 Å². The summed E-state index contributed by atoms with van der Waals surface area (Å²) in [6.07, 6.45) is 3.01. The first-order chi connectivity index (χ1) is 7.13. The van der Waals surface area contributed by atoms with E-state index in [1.807, 2.05) is 26.0 Å². The Balaban J connectivity index is 0. The Morgan fingerprint density at radius 3 is 2.60 bits per heavy atom. The van der Waals surface area contributed by atoms with Crippen molar-refractivity contribution in [3.05, 3.63) is 23.9 Å². The zero-order valence-electron chi connectivity index (χ0n) is 10.2. The Morgan fingerprint density at radius 2 is 2.13 bits per heavy atom. The fourth-order valence-corrected chi connectivity index (χ4v) is 0.827. The van der Waals surface area contributed by atoms with Gasteiger partial charge in [-0.3, -0.25) is 0 Å². The van der Waals surface area contributed by atoms with E-state index in [1.165, 1.54) is 6.42 Å². The van der Waals surface area contributed by atoms with Gasteiger partial charge in [-0.15, -0.1) is 0 Å². The topological polar surface area (TPSA) is 48.1 Å². The van der Waals surface area contributed by atoms with Gasteiger partial charge in [0, 0.05) is 20.2 Å². The molecule has 0 aliphatic rings. The van der Waals surface area contributed by atoms with Gasteiger partial charge in [-0.05, 0) is 25.5 Å². The van der Waals surface area contributed by atoms with E-state index in [1.54, 1.807) is 6.20 Å². The fraction of sp³-hybridized carbons (Fsp3) is 0.583. The number of ether oxygens (including phenoxy) is 1. The van der Waals surface area contributed by atoms with Crippen LogP contribution in [0, 0.1) is 6.92 Å². The van der Waals surface area contributed by atoms with Crippen molar-refractivity contribution in [3.63, 3.8) is 0 Å². The van der Waals surface area contributed by atoms with Crippen LogP contribution < -0.4 is 10.5 Å². The number of hydrogen-bond donors (Lipinski definition) is 1. The quantitative estimate of drug-likeness (QED) is 0.838. The van der Waals surface area contributed by atoms with Gasteiger partial charge in [0.2, 0.25) is 5.88 Å². The minimum absolute atomic E-state index is 0. The predicted molar refractivity (Wildman–Crippen MR) is 66.2 cm³/mol. The van der Waals surface area contributed by atoms with Crippen molar-refractivity contribution >= 4 is 0 Å².